The number of pyridine rings is 1. The minimum atomic E-state index is -0.0588. The third kappa shape index (κ3) is 3.46. The van der Waals surface area contributed by atoms with Gasteiger partial charge in [0.2, 0.25) is 5.91 Å². The first-order chi connectivity index (χ1) is 9.63. The van der Waals surface area contributed by atoms with Crippen molar-refractivity contribution in [1.29, 1.82) is 0 Å². The molecular weight excluding hydrogens is 274 g/mol. The number of hydrogen-bond donors (Lipinski definition) is 2. The number of halogens is 1. The zero-order valence-electron chi connectivity index (χ0n) is 11.4. The molecule has 2 aromatic rings. The van der Waals surface area contributed by atoms with Crippen molar-refractivity contribution in [3.63, 3.8) is 0 Å². The van der Waals surface area contributed by atoms with E-state index in [1.807, 2.05) is 25.1 Å². The Morgan fingerprint density at radius 1 is 1.50 bits per heavy atom. The van der Waals surface area contributed by atoms with Crippen LogP contribution in [0.3, 0.4) is 0 Å². The molecule has 106 valence electrons. The zero-order valence-corrected chi connectivity index (χ0v) is 12.2. The van der Waals surface area contributed by atoms with Crippen molar-refractivity contribution >= 4 is 34.1 Å². The highest BCUT2D eigenvalue weighted by Crippen LogP contribution is 2.26. The lowest BCUT2D eigenvalue weighted by molar-refractivity contribution is -0.117. The first kappa shape index (κ1) is 14.8. The van der Waals surface area contributed by atoms with Crippen LogP contribution in [0, 0.1) is 5.92 Å². The summed E-state index contributed by atoms with van der Waals surface area (Å²) in [6.45, 7) is 2.54. The van der Waals surface area contributed by atoms with Gasteiger partial charge in [0.25, 0.3) is 0 Å². The Bertz CT molecular complexity index is 611. The largest absolute Gasteiger partial charge is 0.330 e. The van der Waals surface area contributed by atoms with Gasteiger partial charge >= 0.3 is 0 Å². The monoisotopic (exact) mass is 291 g/mol. The summed E-state index contributed by atoms with van der Waals surface area (Å²) in [6, 6.07) is 7.30. The van der Waals surface area contributed by atoms with Crippen LogP contribution in [0.25, 0.3) is 10.9 Å². The maximum atomic E-state index is 12.1. The minimum Gasteiger partial charge on any atom is -0.330 e. The molecule has 0 saturated carbocycles. The van der Waals surface area contributed by atoms with E-state index in [9.17, 15) is 4.79 Å². The quantitative estimate of drug-likeness (QED) is 0.889. The molecule has 20 heavy (non-hydrogen) atoms. The number of nitrogens with two attached hydrogens (primary N) is 1. The summed E-state index contributed by atoms with van der Waals surface area (Å²) in [7, 11) is 0. The molecule has 0 aliphatic carbocycles. The lowest BCUT2D eigenvalue weighted by atomic mass is 10.0. The first-order valence-electron chi connectivity index (χ1n) is 6.68. The maximum absolute atomic E-state index is 12.1. The van der Waals surface area contributed by atoms with Crippen LogP contribution in [0.2, 0.25) is 5.02 Å². The molecule has 1 heterocycles. The van der Waals surface area contributed by atoms with Gasteiger partial charge in [-0.25, -0.2) is 0 Å². The Labute approximate surface area is 123 Å². The van der Waals surface area contributed by atoms with Crippen molar-refractivity contribution in [3.8, 4) is 0 Å². The lowest BCUT2D eigenvalue weighted by Crippen LogP contribution is -2.21. The van der Waals surface area contributed by atoms with Gasteiger partial charge in [0.05, 0.1) is 11.2 Å². The number of benzene rings is 1. The Kier molecular flexibility index (Phi) is 4.93. The second-order valence-electron chi connectivity index (χ2n) is 4.79. The first-order valence-corrected chi connectivity index (χ1v) is 7.06. The van der Waals surface area contributed by atoms with Crippen LogP contribution in [-0.4, -0.2) is 17.4 Å². The molecule has 2 rings (SSSR count). The summed E-state index contributed by atoms with van der Waals surface area (Å²) < 4.78 is 0. The standard InChI is InChI=1S/C15H18ClN3O/c1-2-10(9-17)6-14(20)19-13-8-12(16)7-11-4-3-5-18-15(11)13/h3-5,7-8,10H,2,6,9,17H2,1H3,(H,19,20). The topological polar surface area (TPSA) is 68.0 Å². The highest BCUT2D eigenvalue weighted by molar-refractivity contribution is 6.32. The van der Waals surface area contributed by atoms with Crippen molar-refractivity contribution in [2.75, 3.05) is 11.9 Å². The van der Waals surface area contributed by atoms with Gasteiger partial charge in [0.15, 0.2) is 0 Å². The summed E-state index contributed by atoms with van der Waals surface area (Å²) >= 11 is 6.07. The number of nitrogens with zero attached hydrogens (tertiary/aromatic N) is 1. The maximum Gasteiger partial charge on any atom is 0.224 e. The number of nitrogens with one attached hydrogen (secondary N) is 1. The van der Waals surface area contributed by atoms with E-state index in [4.69, 9.17) is 17.3 Å². The van der Waals surface area contributed by atoms with Crippen molar-refractivity contribution in [2.24, 2.45) is 11.7 Å². The number of carbonyl (C=O) groups excluding carboxylic acids is 1. The summed E-state index contributed by atoms with van der Waals surface area (Å²) in [6.07, 6.45) is 2.99. The predicted octanol–water partition coefficient (Wildman–Crippen LogP) is 3.20. The van der Waals surface area contributed by atoms with Gasteiger partial charge < -0.3 is 11.1 Å². The molecule has 1 unspecified atom stereocenters. The SMILES string of the molecule is CCC(CN)CC(=O)Nc1cc(Cl)cc2cccnc12. The second-order valence-corrected chi connectivity index (χ2v) is 5.23. The van der Waals surface area contributed by atoms with E-state index in [1.54, 1.807) is 12.3 Å². The number of aromatic nitrogens is 1. The molecule has 0 bridgehead atoms. The summed E-state index contributed by atoms with van der Waals surface area (Å²) in [5, 5.41) is 4.36. The molecule has 1 atom stereocenters. The normalized spacial score (nSPS) is 12.3. The highest BCUT2D eigenvalue weighted by Gasteiger charge is 2.12. The summed E-state index contributed by atoms with van der Waals surface area (Å²) in [4.78, 5) is 16.4. The second kappa shape index (κ2) is 6.68. The molecule has 1 aromatic carbocycles. The average Bonchev–Trinajstić information content (AvgIpc) is 2.44. The molecule has 3 N–H and O–H groups in total. The molecule has 0 saturated heterocycles. The lowest BCUT2D eigenvalue weighted by Gasteiger charge is -2.13. The highest BCUT2D eigenvalue weighted by atomic mass is 35.5. The number of hydrogen-bond acceptors (Lipinski definition) is 3. The molecule has 4 nitrogen and oxygen atoms in total. The molecule has 1 aromatic heterocycles. The van der Waals surface area contributed by atoms with Crippen molar-refractivity contribution in [1.82, 2.24) is 4.98 Å². The fourth-order valence-electron chi connectivity index (χ4n) is 2.11. The van der Waals surface area contributed by atoms with Crippen LogP contribution in [0.5, 0.6) is 0 Å². The molecule has 1 amide bonds. The van der Waals surface area contributed by atoms with Crippen molar-refractivity contribution < 1.29 is 4.79 Å². The zero-order chi connectivity index (χ0) is 14.5. The minimum absolute atomic E-state index is 0.0588. The van der Waals surface area contributed by atoms with Gasteiger partial charge in [-0.3, -0.25) is 9.78 Å². The van der Waals surface area contributed by atoms with Crippen LogP contribution in [0.1, 0.15) is 19.8 Å². The third-order valence-electron chi connectivity index (χ3n) is 3.33. The van der Waals surface area contributed by atoms with E-state index in [-0.39, 0.29) is 11.8 Å². The van der Waals surface area contributed by atoms with E-state index in [1.165, 1.54) is 0 Å². The average molecular weight is 292 g/mol. The van der Waals surface area contributed by atoms with E-state index in [0.717, 1.165) is 17.3 Å². The number of carbonyl (C=O) groups is 1. The van der Waals surface area contributed by atoms with Gasteiger partial charge in [-0.1, -0.05) is 31.0 Å². The molecule has 5 heteroatoms. The Balaban J connectivity index is 2.23. The summed E-state index contributed by atoms with van der Waals surface area (Å²) in [5.41, 5.74) is 7.01. The van der Waals surface area contributed by atoms with Gasteiger partial charge in [-0.15, -0.1) is 0 Å². The van der Waals surface area contributed by atoms with Crippen LogP contribution in [0.4, 0.5) is 5.69 Å². The smallest absolute Gasteiger partial charge is 0.224 e. The predicted molar refractivity (Wildman–Crippen MR) is 82.8 cm³/mol. The van der Waals surface area contributed by atoms with E-state index in [0.29, 0.717) is 23.7 Å². The number of rotatable bonds is 5. The third-order valence-corrected chi connectivity index (χ3v) is 3.55. The molecule has 0 spiro atoms. The Morgan fingerprint density at radius 3 is 3.00 bits per heavy atom. The fraction of sp³-hybridized carbons (Fsp3) is 0.333. The molecule has 0 radical (unpaired) electrons. The van der Waals surface area contributed by atoms with Crippen LogP contribution >= 0.6 is 11.6 Å². The van der Waals surface area contributed by atoms with Gasteiger partial charge in [-0.05, 0) is 30.7 Å². The van der Waals surface area contributed by atoms with E-state index in [2.05, 4.69) is 10.3 Å². The number of amides is 1. The van der Waals surface area contributed by atoms with Gasteiger partial charge in [-0.2, -0.15) is 0 Å². The van der Waals surface area contributed by atoms with Gasteiger partial charge in [0.1, 0.15) is 0 Å². The van der Waals surface area contributed by atoms with Crippen LogP contribution < -0.4 is 11.1 Å². The van der Waals surface area contributed by atoms with Crippen LogP contribution in [0.15, 0.2) is 30.5 Å². The van der Waals surface area contributed by atoms with E-state index >= 15 is 0 Å². The van der Waals surface area contributed by atoms with Crippen molar-refractivity contribution in [3.05, 3.63) is 35.5 Å². The molecular formula is C15H18ClN3O. The van der Waals surface area contributed by atoms with Crippen molar-refractivity contribution in [2.45, 2.75) is 19.8 Å². The fourth-order valence-corrected chi connectivity index (χ4v) is 2.34. The van der Waals surface area contributed by atoms with Crippen LogP contribution in [-0.2, 0) is 4.79 Å². The molecule has 0 aliphatic heterocycles. The number of fused-ring (bicyclic) bond motifs is 1. The van der Waals surface area contributed by atoms with Gasteiger partial charge in [0, 0.05) is 23.0 Å². The molecule has 0 fully saturated rings. The Morgan fingerprint density at radius 2 is 2.30 bits per heavy atom. The Hall–Kier alpha value is -1.65. The number of anilines is 1. The molecule has 0 aliphatic rings. The van der Waals surface area contributed by atoms with E-state index < -0.39 is 0 Å². The summed E-state index contributed by atoms with van der Waals surface area (Å²) in [5.74, 6) is 0.143.